The lowest BCUT2D eigenvalue weighted by atomic mass is 10.0. The van der Waals surface area contributed by atoms with Gasteiger partial charge in [0, 0.05) is 23.5 Å². The maximum Gasteiger partial charge on any atom is 0.261 e. The Morgan fingerprint density at radius 1 is 0.914 bits per heavy atom. The lowest BCUT2D eigenvalue weighted by molar-refractivity contribution is -0.143. The molecule has 1 atom stereocenters. The molecule has 184 valence electrons. The van der Waals surface area contributed by atoms with Crippen LogP contribution in [-0.2, 0) is 29.0 Å². The largest absolute Gasteiger partial charge is 0.484 e. The second kappa shape index (κ2) is 13.1. The third kappa shape index (κ3) is 8.25. The van der Waals surface area contributed by atoms with Crippen LogP contribution in [0.5, 0.6) is 5.75 Å². The van der Waals surface area contributed by atoms with Crippen molar-refractivity contribution in [3.8, 4) is 5.75 Å². The quantitative estimate of drug-likeness (QED) is 0.349. The first kappa shape index (κ1) is 26.5. The monoisotopic (exact) mass is 536 g/mol. The number of benzene rings is 3. The second-order valence-electron chi connectivity index (χ2n) is 8.81. The van der Waals surface area contributed by atoms with Crippen LogP contribution in [0.25, 0.3) is 0 Å². The van der Waals surface area contributed by atoms with Gasteiger partial charge in [-0.1, -0.05) is 77.5 Å². The van der Waals surface area contributed by atoms with Gasteiger partial charge in [-0.15, -0.1) is 0 Å². The van der Waals surface area contributed by atoms with E-state index in [2.05, 4.69) is 28.2 Å². The summed E-state index contributed by atoms with van der Waals surface area (Å²) in [6.45, 7) is 6.06. The summed E-state index contributed by atoms with van der Waals surface area (Å²) in [6.07, 6.45) is 1.34. The summed E-state index contributed by atoms with van der Waals surface area (Å²) < 4.78 is 6.76. The predicted octanol–water partition coefficient (Wildman–Crippen LogP) is 5.56. The molecule has 35 heavy (non-hydrogen) atoms. The Hall–Kier alpha value is -3.12. The lowest BCUT2D eigenvalue weighted by Crippen LogP contribution is -2.52. The third-order valence-corrected chi connectivity index (χ3v) is 6.13. The predicted molar refractivity (Wildman–Crippen MR) is 143 cm³/mol. The fourth-order valence-corrected chi connectivity index (χ4v) is 4.26. The first-order valence-electron chi connectivity index (χ1n) is 12.0. The Labute approximate surface area is 216 Å². The van der Waals surface area contributed by atoms with Gasteiger partial charge in [0.25, 0.3) is 5.91 Å². The molecule has 0 saturated carbocycles. The smallest absolute Gasteiger partial charge is 0.261 e. The molecule has 0 saturated heterocycles. The number of nitrogens with one attached hydrogen (secondary N) is 1. The number of carbonyl (C=O) groups excluding carboxylic acids is 2. The number of rotatable bonds is 11. The van der Waals surface area contributed by atoms with Gasteiger partial charge in [-0.25, -0.2) is 0 Å². The minimum absolute atomic E-state index is 0.0445. The summed E-state index contributed by atoms with van der Waals surface area (Å²) in [5.41, 5.74) is 3.11. The zero-order valence-corrected chi connectivity index (χ0v) is 22.1. The van der Waals surface area contributed by atoms with Crippen LogP contribution in [0, 0.1) is 0 Å². The van der Waals surface area contributed by atoms with E-state index in [-0.39, 0.29) is 24.5 Å². The van der Waals surface area contributed by atoms with Gasteiger partial charge < -0.3 is 15.0 Å². The summed E-state index contributed by atoms with van der Waals surface area (Å²) >= 11 is 3.51. The van der Waals surface area contributed by atoms with Gasteiger partial charge in [-0.05, 0) is 61.2 Å². The average Bonchev–Trinajstić information content (AvgIpc) is 2.85. The minimum atomic E-state index is -0.683. The zero-order valence-electron chi connectivity index (χ0n) is 20.5. The summed E-state index contributed by atoms with van der Waals surface area (Å²) in [4.78, 5) is 28.5. The minimum Gasteiger partial charge on any atom is -0.484 e. The summed E-state index contributed by atoms with van der Waals surface area (Å²) in [6, 6.07) is 24.6. The molecule has 2 amide bonds. The molecule has 0 aliphatic rings. The highest BCUT2D eigenvalue weighted by Gasteiger charge is 2.31. The number of hydrogen-bond donors (Lipinski definition) is 1. The van der Waals surface area contributed by atoms with Gasteiger partial charge in [-0.2, -0.15) is 0 Å². The van der Waals surface area contributed by atoms with Crippen molar-refractivity contribution in [3.05, 3.63) is 100 Å². The van der Waals surface area contributed by atoms with Crippen LogP contribution in [0.2, 0.25) is 0 Å². The first-order valence-corrected chi connectivity index (χ1v) is 12.7. The molecule has 0 fully saturated rings. The molecule has 0 aliphatic carbocycles. The van der Waals surface area contributed by atoms with Crippen molar-refractivity contribution < 1.29 is 14.3 Å². The van der Waals surface area contributed by atoms with Crippen LogP contribution in [0.4, 0.5) is 0 Å². The number of carbonyl (C=O) groups is 2. The number of amides is 2. The van der Waals surface area contributed by atoms with Gasteiger partial charge in [0.2, 0.25) is 5.91 Å². The Kier molecular flexibility index (Phi) is 9.91. The summed E-state index contributed by atoms with van der Waals surface area (Å²) in [7, 11) is 0. The van der Waals surface area contributed by atoms with Gasteiger partial charge >= 0.3 is 0 Å². The van der Waals surface area contributed by atoms with Crippen LogP contribution in [-0.4, -0.2) is 35.4 Å². The molecule has 0 radical (unpaired) electrons. The molecule has 0 aliphatic heterocycles. The van der Waals surface area contributed by atoms with E-state index < -0.39 is 6.04 Å². The topological polar surface area (TPSA) is 58.6 Å². The lowest BCUT2D eigenvalue weighted by Gasteiger charge is -2.32. The SMILES string of the molecule is CCc1ccc(OCC(=O)N(Cc2cccc(Br)c2)[C@@H](Cc2ccccc2)C(=O)NC(C)C)cc1. The Balaban J connectivity index is 1.88. The third-order valence-electron chi connectivity index (χ3n) is 5.64. The molecule has 0 heterocycles. The van der Waals surface area contributed by atoms with Crippen molar-refractivity contribution in [2.45, 2.75) is 52.2 Å². The van der Waals surface area contributed by atoms with E-state index in [1.54, 1.807) is 4.90 Å². The standard InChI is InChI=1S/C29H33BrN2O3/c1-4-22-13-15-26(16-14-22)35-20-28(33)32(19-24-11-8-12-25(30)17-24)27(29(34)31-21(2)3)18-23-9-6-5-7-10-23/h5-17,21,27H,4,18-20H2,1-3H3,(H,31,34)/t27-/m0/s1. The van der Waals surface area contributed by atoms with Gasteiger partial charge in [0.1, 0.15) is 11.8 Å². The van der Waals surface area contributed by atoms with Gasteiger partial charge in [0.05, 0.1) is 0 Å². The Morgan fingerprint density at radius 3 is 2.23 bits per heavy atom. The van der Waals surface area contributed by atoms with Crippen molar-refractivity contribution in [3.63, 3.8) is 0 Å². The molecule has 3 rings (SSSR count). The van der Waals surface area contributed by atoms with E-state index in [0.29, 0.717) is 18.7 Å². The van der Waals surface area contributed by atoms with E-state index in [4.69, 9.17) is 4.74 Å². The fraction of sp³-hybridized carbons (Fsp3) is 0.310. The molecule has 3 aromatic carbocycles. The molecule has 0 spiro atoms. The van der Waals surface area contributed by atoms with Crippen molar-refractivity contribution >= 4 is 27.7 Å². The van der Waals surface area contributed by atoms with Crippen molar-refractivity contribution in [2.24, 2.45) is 0 Å². The Morgan fingerprint density at radius 2 is 1.60 bits per heavy atom. The fourth-order valence-electron chi connectivity index (χ4n) is 3.82. The molecule has 3 aromatic rings. The average molecular weight is 537 g/mol. The van der Waals surface area contributed by atoms with Crippen LogP contribution in [0.1, 0.15) is 37.5 Å². The first-order chi connectivity index (χ1) is 16.9. The van der Waals surface area contributed by atoms with E-state index in [0.717, 1.165) is 22.0 Å². The normalized spacial score (nSPS) is 11.7. The molecule has 0 aromatic heterocycles. The van der Waals surface area contributed by atoms with Crippen LogP contribution < -0.4 is 10.1 Å². The highest BCUT2D eigenvalue weighted by Crippen LogP contribution is 2.19. The van der Waals surface area contributed by atoms with Crippen LogP contribution >= 0.6 is 15.9 Å². The summed E-state index contributed by atoms with van der Waals surface area (Å²) in [5, 5.41) is 3.00. The van der Waals surface area contributed by atoms with Crippen molar-refractivity contribution in [1.29, 1.82) is 0 Å². The maximum absolute atomic E-state index is 13.6. The Bertz CT molecular complexity index is 1100. The molecule has 1 N–H and O–H groups in total. The van der Waals surface area contributed by atoms with Gasteiger partial charge in [-0.3, -0.25) is 9.59 Å². The molecular weight excluding hydrogens is 504 g/mol. The van der Waals surface area contributed by atoms with Crippen molar-refractivity contribution in [2.75, 3.05) is 6.61 Å². The molecule has 5 nitrogen and oxygen atoms in total. The molecule has 0 unspecified atom stereocenters. The molecular formula is C29H33BrN2O3. The van der Waals surface area contributed by atoms with Crippen LogP contribution in [0.15, 0.2) is 83.3 Å². The second-order valence-corrected chi connectivity index (χ2v) is 9.72. The van der Waals surface area contributed by atoms with E-state index >= 15 is 0 Å². The highest BCUT2D eigenvalue weighted by atomic mass is 79.9. The maximum atomic E-state index is 13.6. The number of hydrogen-bond acceptors (Lipinski definition) is 3. The number of nitrogens with zero attached hydrogens (tertiary/aromatic N) is 1. The number of halogens is 1. The van der Waals surface area contributed by atoms with E-state index in [1.165, 1.54) is 5.56 Å². The van der Waals surface area contributed by atoms with E-state index in [1.807, 2.05) is 92.7 Å². The number of ether oxygens (including phenoxy) is 1. The van der Waals surface area contributed by atoms with Crippen molar-refractivity contribution in [1.82, 2.24) is 10.2 Å². The van der Waals surface area contributed by atoms with Crippen LogP contribution in [0.3, 0.4) is 0 Å². The summed E-state index contributed by atoms with van der Waals surface area (Å²) in [5.74, 6) is 0.202. The van der Waals surface area contributed by atoms with Gasteiger partial charge in [0.15, 0.2) is 6.61 Å². The zero-order chi connectivity index (χ0) is 25.2. The molecule has 6 heteroatoms. The van der Waals surface area contributed by atoms with E-state index in [9.17, 15) is 9.59 Å². The molecule has 0 bridgehead atoms. The number of aryl methyl sites for hydroxylation is 1. The highest BCUT2D eigenvalue weighted by molar-refractivity contribution is 9.10.